The maximum absolute atomic E-state index is 12.6. The molecule has 5 nitrogen and oxygen atoms in total. The van der Waals surface area contributed by atoms with E-state index in [4.69, 9.17) is 16.3 Å². The lowest BCUT2D eigenvalue weighted by molar-refractivity contribution is -0.125. The molecule has 1 N–H and O–H groups in total. The number of ether oxygens (including phenoxy) is 1. The van der Waals surface area contributed by atoms with E-state index < -0.39 is 0 Å². The number of rotatable bonds is 3. The predicted molar refractivity (Wildman–Crippen MR) is 80.7 cm³/mol. The quantitative estimate of drug-likeness (QED) is 0.928. The summed E-state index contributed by atoms with van der Waals surface area (Å²) in [5.41, 5.74) is 0.433. The first-order chi connectivity index (χ1) is 10.1. The highest BCUT2D eigenvalue weighted by Gasteiger charge is 2.29. The van der Waals surface area contributed by atoms with Gasteiger partial charge in [-0.1, -0.05) is 11.6 Å². The smallest absolute Gasteiger partial charge is 0.257 e. The van der Waals surface area contributed by atoms with Gasteiger partial charge in [0.05, 0.1) is 18.6 Å². The van der Waals surface area contributed by atoms with Crippen LogP contribution in [-0.2, 0) is 4.79 Å². The summed E-state index contributed by atoms with van der Waals surface area (Å²) in [6.07, 6.45) is 1.61. The molecule has 1 heterocycles. The molecule has 1 aromatic carbocycles. The van der Waals surface area contributed by atoms with E-state index in [0.717, 1.165) is 12.8 Å². The Balaban J connectivity index is 2.19. The summed E-state index contributed by atoms with van der Waals surface area (Å²) in [5, 5.41) is 3.13. The zero-order valence-electron chi connectivity index (χ0n) is 12.2. The third-order valence-corrected chi connectivity index (χ3v) is 3.95. The summed E-state index contributed by atoms with van der Waals surface area (Å²) in [6, 6.07) is 4.96. The number of nitrogens with zero attached hydrogens (tertiary/aromatic N) is 1. The molecule has 0 radical (unpaired) electrons. The largest absolute Gasteiger partial charge is 0.496 e. The molecule has 0 aliphatic carbocycles. The van der Waals surface area contributed by atoms with Crippen molar-refractivity contribution in [3.63, 3.8) is 0 Å². The summed E-state index contributed by atoms with van der Waals surface area (Å²) < 4.78 is 5.22. The van der Waals surface area contributed by atoms with Gasteiger partial charge in [0.25, 0.3) is 5.91 Å². The van der Waals surface area contributed by atoms with E-state index in [9.17, 15) is 9.59 Å². The van der Waals surface area contributed by atoms with Crippen molar-refractivity contribution in [1.29, 1.82) is 0 Å². The van der Waals surface area contributed by atoms with E-state index >= 15 is 0 Å². The van der Waals surface area contributed by atoms with E-state index in [1.165, 1.54) is 7.11 Å². The molecule has 1 atom stereocenters. The molecule has 1 saturated heterocycles. The summed E-state index contributed by atoms with van der Waals surface area (Å²) in [7, 11) is 3.13. The van der Waals surface area contributed by atoms with Crippen molar-refractivity contribution in [1.82, 2.24) is 10.2 Å². The molecule has 0 bridgehead atoms. The van der Waals surface area contributed by atoms with E-state index in [-0.39, 0.29) is 17.7 Å². The van der Waals surface area contributed by atoms with Crippen molar-refractivity contribution >= 4 is 23.4 Å². The molecule has 21 heavy (non-hydrogen) atoms. The van der Waals surface area contributed by atoms with Crippen LogP contribution in [0.2, 0.25) is 5.02 Å². The van der Waals surface area contributed by atoms with Gasteiger partial charge in [-0.15, -0.1) is 0 Å². The zero-order valence-corrected chi connectivity index (χ0v) is 12.9. The number of halogens is 1. The fourth-order valence-corrected chi connectivity index (χ4v) is 2.77. The Labute approximate surface area is 129 Å². The number of benzene rings is 1. The first-order valence-corrected chi connectivity index (χ1v) is 7.29. The third kappa shape index (κ3) is 3.47. The van der Waals surface area contributed by atoms with Crippen molar-refractivity contribution < 1.29 is 14.3 Å². The first kappa shape index (κ1) is 15.6. The van der Waals surface area contributed by atoms with E-state index in [0.29, 0.717) is 29.4 Å². The molecular weight excluding hydrogens is 292 g/mol. The van der Waals surface area contributed by atoms with Gasteiger partial charge in [-0.3, -0.25) is 9.59 Å². The fraction of sp³-hybridized carbons (Fsp3) is 0.467. The molecule has 6 heteroatoms. The minimum absolute atomic E-state index is 0.0226. The second-order valence-electron chi connectivity index (χ2n) is 5.05. The second-order valence-corrected chi connectivity index (χ2v) is 5.49. The van der Waals surface area contributed by atoms with Gasteiger partial charge in [0.2, 0.25) is 5.91 Å². The molecule has 1 aliphatic rings. The monoisotopic (exact) mass is 310 g/mol. The van der Waals surface area contributed by atoms with Gasteiger partial charge in [-0.05, 0) is 31.0 Å². The molecule has 0 saturated carbocycles. The Kier molecular flexibility index (Phi) is 5.07. The molecular formula is C15H19ClN2O3. The predicted octanol–water partition coefficient (Wildman–Crippen LogP) is 1.95. The number of amides is 2. The molecule has 2 amide bonds. The minimum atomic E-state index is -0.155. The van der Waals surface area contributed by atoms with Gasteiger partial charge in [0, 0.05) is 25.2 Å². The van der Waals surface area contributed by atoms with Crippen LogP contribution in [-0.4, -0.2) is 44.0 Å². The van der Waals surface area contributed by atoms with Crippen molar-refractivity contribution in [2.75, 3.05) is 27.2 Å². The van der Waals surface area contributed by atoms with E-state index in [2.05, 4.69) is 5.32 Å². The summed E-state index contributed by atoms with van der Waals surface area (Å²) in [6.45, 7) is 1.07. The van der Waals surface area contributed by atoms with Crippen molar-refractivity contribution in [2.24, 2.45) is 5.92 Å². The number of methoxy groups -OCH3 is 1. The maximum atomic E-state index is 12.6. The second kappa shape index (κ2) is 6.80. The Hall–Kier alpha value is -1.75. The lowest BCUT2D eigenvalue weighted by Crippen LogP contribution is -2.44. The van der Waals surface area contributed by atoms with Gasteiger partial charge in [0.15, 0.2) is 0 Å². The van der Waals surface area contributed by atoms with Crippen LogP contribution in [0.1, 0.15) is 23.2 Å². The average Bonchev–Trinajstić information content (AvgIpc) is 2.53. The Morgan fingerprint density at radius 3 is 2.86 bits per heavy atom. The van der Waals surface area contributed by atoms with Crippen LogP contribution in [0.5, 0.6) is 5.75 Å². The molecule has 0 spiro atoms. The van der Waals surface area contributed by atoms with Gasteiger partial charge >= 0.3 is 0 Å². The van der Waals surface area contributed by atoms with Gasteiger partial charge in [0.1, 0.15) is 5.75 Å². The lowest BCUT2D eigenvalue weighted by Gasteiger charge is -2.32. The topological polar surface area (TPSA) is 58.6 Å². The van der Waals surface area contributed by atoms with E-state index in [1.54, 1.807) is 30.1 Å². The molecule has 1 unspecified atom stereocenters. The van der Waals surface area contributed by atoms with Crippen molar-refractivity contribution in [3.05, 3.63) is 28.8 Å². The number of likely N-dealkylation sites (tertiary alicyclic amines) is 1. The highest BCUT2D eigenvalue weighted by molar-refractivity contribution is 6.31. The summed E-state index contributed by atoms with van der Waals surface area (Å²) in [5.74, 6) is 0.165. The standard InChI is InChI=1S/C15H19ClN2O3/c1-17-14(19)10-4-3-7-18(9-10)15(20)12-8-11(16)5-6-13(12)21-2/h5-6,8,10H,3-4,7,9H2,1-2H3,(H,17,19). The van der Waals surface area contributed by atoms with Gasteiger partial charge in [-0.2, -0.15) is 0 Å². The lowest BCUT2D eigenvalue weighted by atomic mass is 9.96. The Bertz CT molecular complexity index is 548. The van der Waals surface area contributed by atoms with E-state index in [1.807, 2.05) is 0 Å². The van der Waals surface area contributed by atoms with Crippen LogP contribution in [0.15, 0.2) is 18.2 Å². The number of piperidine rings is 1. The minimum Gasteiger partial charge on any atom is -0.496 e. The SMILES string of the molecule is CNC(=O)C1CCCN(C(=O)c2cc(Cl)ccc2OC)C1. The number of hydrogen-bond donors (Lipinski definition) is 1. The van der Waals surface area contributed by atoms with Crippen LogP contribution in [0.3, 0.4) is 0 Å². The van der Waals surface area contributed by atoms with Crippen molar-refractivity contribution in [2.45, 2.75) is 12.8 Å². The zero-order chi connectivity index (χ0) is 15.4. The van der Waals surface area contributed by atoms with Crippen molar-refractivity contribution in [3.8, 4) is 5.75 Å². The molecule has 1 aliphatic heterocycles. The van der Waals surface area contributed by atoms with Crippen LogP contribution >= 0.6 is 11.6 Å². The Morgan fingerprint density at radius 2 is 2.19 bits per heavy atom. The van der Waals surface area contributed by atoms with Crippen LogP contribution < -0.4 is 10.1 Å². The molecule has 1 fully saturated rings. The highest BCUT2D eigenvalue weighted by atomic mass is 35.5. The third-order valence-electron chi connectivity index (χ3n) is 3.72. The van der Waals surface area contributed by atoms with Crippen LogP contribution in [0.25, 0.3) is 0 Å². The molecule has 2 rings (SSSR count). The highest BCUT2D eigenvalue weighted by Crippen LogP contribution is 2.26. The number of hydrogen-bond acceptors (Lipinski definition) is 3. The molecule has 114 valence electrons. The summed E-state index contributed by atoms with van der Waals surface area (Å²) >= 11 is 5.97. The maximum Gasteiger partial charge on any atom is 0.257 e. The average molecular weight is 311 g/mol. The number of carbonyl (C=O) groups excluding carboxylic acids is 2. The fourth-order valence-electron chi connectivity index (χ4n) is 2.60. The first-order valence-electron chi connectivity index (χ1n) is 6.91. The number of nitrogens with one attached hydrogen (secondary N) is 1. The molecule has 0 aromatic heterocycles. The normalized spacial score (nSPS) is 18.2. The van der Waals surface area contributed by atoms with Gasteiger partial charge < -0.3 is 15.0 Å². The summed E-state index contributed by atoms with van der Waals surface area (Å²) in [4.78, 5) is 26.1. The molecule has 1 aromatic rings. The van der Waals surface area contributed by atoms with Crippen LogP contribution in [0, 0.1) is 5.92 Å². The number of carbonyl (C=O) groups is 2. The van der Waals surface area contributed by atoms with Crippen LogP contribution in [0.4, 0.5) is 0 Å². The Morgan fingerprint density at radius 1 is 1.43 bits per heavy atom. The van der Waals surface area contributed by atoms with Gasteiger partial charge in [-0.25, -0.2) is 0 Å².